The molecule has 1 amide bonds. The first-order valence-corrected chi connectivity index (χ1v) is 12.4. The Bertz CT molecular complexity index is 1620. The standard InChI is InChI=1S/C27H24N2O7S/c1-6-35-18-10-8-15(12-19(18)33-4)21-20-22(30)16-11-13(2)7-9-17(16)36-23(20)25(31)29(21)27-28-14(3)24(37-27)26(32)34-5/h7-12,21H,6H2,1-5H3. The van der Waals surface area contributed by atoms with Gasteiger partial charge in [0.15, 0.2) is 22.1 Å². The third kappa shape index (κ3) is 3.93. The Hall–Kier alpha value is -4.18. The van der Waals surface area contributed by atoms with Gasteiger partial charge in [-0.15, -0.1) is 0 Å². The van der Waals surface area contributed by atoms with Crippen molar-refractivity contribution in [1.82, 2.24) is 4.98 Å². The molecule has 0 fully saturated rings. The normalized spacial score (nSPS) is 14.7. The molecule has 0 aliphatic carbocycles. The number of aryl methyl sites for hydroxylation is 2. The van der Waals surface area contributed by atoms with Gasteiger partial charge in [-0.1, -0.05) is 29.0 Å². The van der Waals surface area contributed by atoms with Crippen LogP contribution in [-0.2, 0) is 4.74 Å². The third-order valence-corrected chi connectivity index (χ3v) is 7.33. The summed E-state index contributed by atoms with van der Waals surface area (Å²) in [5.41, 5.74) is 2.10. The Balaban J connectivity index is 1.78. The van der Waals surface area contributed by atoms with Gasteiger partial charge in [0.2, 0.25) is 5.76 Å². The first kappa shape index (κ1) is 24.5. The second-order valence-corrected chi connectivity index (χ2v) is 9.47. The number of hydrogen-bond acceptors (Lipinski definition) is 9. The number of rotatable bonds is 6. The van der Waals surface area contributed by atoms with E-state index in [4.69, 9.17) is 18.6 Å². The zero-order valence-corrected chi connectivity index (χ0v) is 21.7. The molecule has 1 aliphatic heterocycles. The number of thiazole rings is 1. The number of benzene rings is 2. The summed E-state index contributed by atoms with van der Waals surface area (Å²) in [5, 5.41) is 0.619. The quantitative estimate of drug-likeness (QED) is 0.333. The Morgan fingerprint density at radius 3 is 2.59 bits per heavy atom. The highest BCUT2D eigenvalue weighted by Gasteiger charge is 2.45. The highest BCUT2D eigenvalue weighted by molar-refractivity contribution is 7.17. The molecule has 1 aliphatic rings. The second kappa shape index (κ2) is 9.36. The molecule has 0 radical (unpaired) electrons. The molecule has 0 saturated carbocycles. The summed E-state index contributed by atoms with van der Waals surface area (Å²) < 4.78 is 22.1. The Morgan fingerprint density at radius 2 is 1.89 bits per heavy atom. The zero-order chi connectivity index (χ0) is 26.4. The molecule has 0 spiro atoms. The number of fused-ring (bicyclic) bond motifs is 2. The van der Waals surface area contributed by atoms with E-state index in [1.54, 1.807) is 37.3 Å². The van der Waals surface area contributed by atoms with Gasteiger partial charge in [0.1, 0.15) is 10.5 Å². The SMILES string of the molecule is CCOc1ccc(C2c3c(oc4ccc(C)cc4c3=O)C(=O)N2c2nc(C)c(C(=O)OC)s2)cc1OC. The molecule has 2 aromatic heterocycles. The van der Waals surface area contributed by atoms with Crippen LogP contribution in [0.3, 0.4) is 0 Å². The number of hydrogen-bond donors (Lipinski definition) is 0. The van der Waals surface area contributed by atoms with Crippen LogP contribution in [0.2, 0.25) is 0 Å². The predicted molar refractivity (Wildman–Crippen MR) is 138 cm³/mol. The van der Waals surface area contributed by atoms with Gasteiger partial charge in [-0.2, -0.15) is 0 Å². The van der Waals surface area contributed by atoms with Crippen LogP contribution < -0.4 is 19.8 Å². The fourth-order valence-electron chi connectivity index (χ4n) is 4.50. The van der Waals surface area contributed by atoms with Crippen LogP contribution in [0.25, 0.3) is 11.0 Å². The van der Waals surface area contributed by atoms with Crippen molar-refractivity contribution in [2.75, 3.05) is 25.7 Å². The predicted octanol–water partition coefficient (Wildman–Crippen LogP) is 4.81. The summed E-state index contributed by atoms with van der Waals surface area (Å²) in [4.78, 5) is 46.1. The summed E-state index contributed by atoms with van der Waals surface area (Å²) in [5.74, 6) is -0.166. The fraction of sp³-hybridized carbons (Fsp3) is 0.259. The maximum absolute atomic E-state index is 13.8. The van der Waals surface area contributed by atoms with Crippen LogP contribution in [-0.4, -0.2) is 37.7 Å². The smallest absolute Gasteiger partial charge is 0.350 e. The molecule has 10 heteroatoms. The molecule has 1 unspecified atom stereocenters. The Labute approximate surface area is 216 Å². The van der Waals surface area contributed by atoms with Crippen molar-refractivity contribution in [2.45, 2.75) is 26.8 Å². The summed E-state index contributed by atoms with van der Waals surface area (Å²) in [6.45, 7) is 5.85. The molecule has 3 heterocycles. The summed E-state index contributed by atoms with van der Waals surface area (Å²) >= 11 is 1.02. The van der Waals surface area contributed by atoms with E-state index < -0.39 is 17.9 Å². The van der Waals surface area contributed by atoms with E-state index in [0.29, 0.717) is 40.3 Å². The van der Waals surface area contributed by atoms with Gasteiger partial charge in [-0.25, -0.2) is 9.78 Å². The number of ether oxygens (including phenoxy) is 3. The minimum atomic E-state index is -0.871. The molecule has 0 bridgehead atoms. The Morgan fingerprint density at radius 1 is 1.11 bits per heavy atom. The number of carbonyl (C=O) groups is 2. The summed E-state index contributed by atoms with van der Waals surface area (Å²) in [7, 11) is 2.80. The zero-order valence-electron chi connectivity index (χ0n) is 20.9. The van der Waals surface area contributed by atoms with Crippen molar-refractivity contribution in [3.8, 4) is 11.5 Å². The minimum Gasteiger partial charge on any atom is -0.493 e. The molecule has 190 valence electrons. The molecule has 5 rings (SSSR count). The lowest BCUT2D eigenvalue weighted by Crippen LogP contribution is -2.29. The molecule has 0 saturated heterocycles. The van der Waals surface area contributed by atoms with Crippen LogP contribution in [0.15, 0.2) is 45.6 Å². The number of amides is 1. The van der Waals surface area contributed by atoms with Crippen molar-refractivity contribution < 1.29 is 28.2 Å². The fourth-order valence-corrected chi connectivity index (χ4v) is 5.51. The lowest BCUT2D eigenvalue weighted by Gasteiger charge is -2.23. The van der Waals surface area contributed by atoms with Crippen molar-refractivity contribution in [1.29, 1.82) is 0 Å². The third-order valence-electron chi connectivity index (χ3n) is 6.19. The molecule has 37 heavy (non-hydrogen) atoms. The van der Waals surface area contributed by atoms with E-state index in [1.165, 1.54) is 19.1 Å². The lowest BCUT2D eigenvalue weighted by atomic mass is 9.98. The summed E-state index contributed by atoms with van der Waals surface area (Å²) in [6, 6.07) is 9.60. The Kier molecular flexibility index (Phi) is 6.20. The van der Waals surface area contributed by atoms with Gasteiger partial charge in [0.25, 0.3) is 5.91 Å². The van der Waals surface area contributed by atoms with E-state index in [9.17, 15) is 14.4 Å². The van der Waals surface area contributed by atoms with Gasteiger partial charge < -0.3 is 18.6 Å². The average Bonchev–Trinajstić information content (AvgIpc) is 3.41. The molecule has 1 atom stereocenters. The van der Waals surface area contributed by atoms with E-state index in [2.05, 4.69) is 4.98 Å². The van der Waals surface area contributed by atoms with Crippen molar-refractivity contribution in [3.05, 3.63) is 79.6 Å². The monoisotopic (exact) mass is 520 g/mol. The first-order chi connectivity index (χ1) is 17.8. The van der Waals surface area contributed by atoms with E-state index in [-0.39, 0.29) is 26.8 Å². The van der Waals surface area contributed by atoms with E-state index in [0.717, 1.165) is 16.9 Å². The number of carbonyl (C=O) groups excluding carboxylic acids is 2. The number of anilines is 1. The first-order valence-electron chi connectivity index (χ1n) is 11.6. The van der Waals surface area contributed by atoms with Crippen molar-refractivity contribution in [2.24, 2.45) is 0 Å². The summed E-state index contributed by atoms with van der Waals surface area (Å²) in [6.07, 6.45) is 0. The van der Waals surface area contributed by atoms with Crippen LogP contribution in [0, 0.1) is 13.8 Å². The minimum absolute atomic E-state index is 0.0633. The van der Waals surface area contributed by atoms with Gasteiger partial charge in [0.05, 0.1) is 43.5 Å². The van der Waals surface area contributed by atoms with Crippen LogP contribution >= 0.6 is 11.3 Å². The number of aromatic nitrogens is 1. The molecule has 4 aromatic rings. The van der Waals surface area contributed by atoms with Crippen LogP contribution in [0.4, 0.5) is 5.13 Å². The molecule has 9 nitrogen and oxygen atoms in total. The highest BCUT2D eigenvalue weighted by Crippen LogP contribution is 2.44. The number of methoxy groups -OCH3 is 2. The maximum atomic E-state index is 13.8. The largest absolute Gasteiger partial charge is 0.493 e. The van der Waals surface area contributed by atoms with E-state index >= 15 is 0 Å². The second-order valence-electron chi connectivity index (χ2n) is 8.50. The average molecular weight is 521 g/mol. The number of nitrogens with zero attached hydrogens (tertiary/aromatic N) is 2. The van der Waals surface area contributed by atoms with Gasteiger partial charge in [-0.3, -0.25) is 14.5 Å². The number of esters is 1. The van der Waals surface area contributed by atoms with Gasteiger partial charge in [0, 0.05) is 0 Å². The van der Waals surface area contributed by atoms with Crippen molar-refractivity contribution in [3.63, 3.8) is 0 Å². The molecular weight excluding hydrogens is 496 g/mol. The highest BCUT2D eigenvalue weighted by atomic mass is 32.1. The molecule has 2 aromatic carbocycles. The molecule has 0 N–H and O–H groups in total. The molecular formula is C27H24N2O7S. The van der Waals surface area contributed by atoms with Crippen LogP contribution in [0.1, 0.15) is 55.6 Å². The van der Waals surface area contributed by atoms with Gasteiger partial charge >= 0.3 is 5.97 Å². The van der Waals surface area contributed by atoms with E-state index in [1.807, 2.05) is 19.9 Å². The topological polar surface area (TPSA) is 108 Å². The lowest BCUT2D eigenvalue weighted by molar-refractivity contribution is 0.0605. The van der Waals surface area contributed by atoms with Crippen LogP contribution in [0.5, 0.6) is 11.5 Å². The van der Waals surface area contributed by atoms with Gasteiger partial charge in [-0.05, 0) is 50.6 Å². The maximum Gasteiger partial charge on any atom is 0.350 e. The van der Waals surface area contributed by atoms with Crippen molar-refractivity contribution >= 4 is 39.3 Å².